The molecule has 10 heteroatoms. The normalized spacial score (nSPS) is 17.9. The van der Waals surface area contributed by atoms with Crippen LogP contribution in [0.5, 0.6) is 5.75 Å². The van der Waals surface area contributed by atoms with Crippen molar-refractivity contribution in [3.05, 3.63) is 24.3 Å². The molecule has 6 nitrogen and oxygen atoms in total. The van der Waals surface area contributed by atoms with Gasteiger partial charge in [-0.1, -0.05) is 13.8 Å². The van der Waals surface area contributed by atoms with Gasteiger partial charge in [-0.25, -0.2) is 0 Å². The summed E-state index contributed by atoms with van der Waals surface area (Å²) in [5, 5.41) is 2.90. The van der Waals surface area contributed by atoms with Gasteiger partial charge < -0.3 is 20.7 Å². The lowest BCUT2D eigenvalue weighted by molar-refractivity contribution is -0.274. The summed E-state index contributed by atoms with van der Waals surface area (Å²) in [4.78, 5) is 9.17. The molecule has 1 fully saturated rings. The molecule has 1 saturated heterocycles. The molecule has 0 bridgehead atoms. The summed E-state index contributed by atoms with van der Waals surface area (Å²) in [5.74, 6) is 0.390. The molecule has 160 valence electrons. The molecular weight excluding hydrogens is 486 g/mol. The lowest BCUT2D eigenvalue weighted by atomic mass is 10.0. The molecule has 1 unspecified atom stereocenters. The van der Waals surface area contributed by atoms with Crippen molar-refractivity contribution in [1.29, 1.82) is 0 Å². The predicted octanol–water partition coefficient (Wildman–Crippen LogP) is 3.20. The highest BCUT2D eigenvalue weighted by Crippen LogP contribution is 2.23. The number of halogens is 4. The number of benzene rings is 1. The molecule has 3 N–H and O–H groups in total. The van der Waals surface area contributed by atoms with Gasteiger partial charge in [0.25, 0.3) is 0 Å². The largest absolute Gasteiger partial charge is 0.573 e. The summed E-state index contributed by atoms with van der Waals surface area (Å²) in [6, 6.07) is 5.67. The zero-order valence-electron chi connectivity index (χ0n) is 16.4. The van der Waals surface area contributed by atoms with Gasteiger partial charge in [-0.15, -0.1) is 37.1 Å². The second-order valence-corrected chi connectivity index (χ2v) is 7.07. The average Bonchev–Trinajstić information content (AvgIpc) is 2.57. The van der Waals surface area contributed by atoms with Crippen LogP contribution < -0.4 is 15.8 Å². The van der Waals surface area contributed by atoms with E-state index in [-0.39, 0.29) is 35.7 Å². The minimum atomic E-state index is -4.70. The Morgan fingerprint density at radius 1 is 1.18 bits per heavy atom. The SMILES string of the molecule is CC(C)C(CN=C(N)Nc1ccc(OC(F)(F)F)cc1)N1CCN(C)CC1.I. The van der Waals surface area contributed by atoms with Crippen molar-refractivity contribution in [2.45, 2.75) is 26.3 Å². The number of nitrogens with one attached hydrogen (secondary N) is 1. The van der Waals surface area contributed by atoms with Gasteiger partial charge in [-0.05, 0) is 37.2 Å². The van der Waals surface area contributed by atoms with Crippen LogP contribution in [0.3, 0.4) is 0 Å². The first-order chi connectivity index (χ1) is 12.6. The number of nitrogens with two attached hydrogens (primary N) is 1. The average molecular weight is 515 g/mol. The highest BCUT2D eigenvalue weighted by atomic mass is 127. The first kappa shape index (κ1) is 24.8. The highest BCUT2D eigenvalue weighted by Gasteiger charge is 2.31. The van der Waals surface area contributed by atoms with Crippen molar-refractivity contribution in [1.82, 2.24) is 9.80 Å². The highest BCUT2D eigenvalue weighted by molar-refractivity contribution is 14.0. The van der Waals surface area contributed by atoms with E-state index in [1.165, 1.54) is 24.3 Å². The predicted molar refractivity (Wildman–Crippen MR) is 116 cm³/mol. The van der Waals surface area contributed by atoms with Gasteiger partial charge in [0.1, 0.15) is 5.75 Å². The Bertz CT molecular complexity index is 617. The van der Waals surface area contributed by atoms with Crippen LogP contribution in [0.15, 0.2) is 29.3 Å². The molecule has 1 aliphatic heterocycles. The maximum atomic E-state index is 12.2. The number of ether oxygens (including phenoxy) is 1. The van der Waals surface area contributed by atoms with Crippen LogP contribution in [0, 0.1) is 5.92 Å². The first-order valence-electron chi connectivity index (χ1n) is 8.99. The van der Waals surface area contributed by atoms with Crippen LogP contribution in [-0.2, 0) is 0 Å². The Kier molecular flexibility index (Phi) is 9.78. The maximum absolute atomic E-state index is 12.2. The molecule has 0 radical (unpaired) electrons. The Morgan fingerprint density at radius 2 is 1.75 bits per heavy atom. The van der Waals surface area contributed by atoms with E-state index in [0.29, 0.717) is 24.2 Å². The molecule has 0 aromatic heterocycles. The molecule has 1 aromatic rings. The molecule has 1 atom stereocenters. The van der Waals surface area contributed by atoms with Gasteiger partial charge >= 0.3 is 6.36 Å². The number of hydrogen-bond acceptors (Lipinski definition) is 4. The number of alkyl halides is 3. The van der Waals surface area contributed by atoms with E-state index in [1.807, 2.05) is 0 Å². The van der Waals surface area contributed by atoms with Gasteiger partial charge in [0.15, 0.2) is 5.96 Å². The Hall–Kier alpha value is -1.27. The summed E-state index contributed by atoms with van der Waals surface area (Å²) in [6.45, 7) is 8.98. The zero-order chi connectivity index (χ0) is 20.0. The fraction of sp³-hybridized carbons (Fsp3) is 0.611. The van der Waals surface area contributed by atoms with Crippen molar-refractivity contribution in [3.63, 3.8) is 0 Å². The molecule has 1 aliphatic rings. The lowest BCUT2D eigenvalue weighted by Crippen LogP contribution is -2.51. The van der Waals surface area contributed by atoms with Gasteiger partial charge in [0.05, 0.1) is 6.54 Å². The molecule has 1 heterocycles. The molecular formula is C18H29F3IN5O. The quantitative estimate of drug-likeness (QED) is 0.346. The summed E-state index contributed by atoms with van der Waals surface area (Å²) in [7, 11) is 2.12. The minimum absolute atomic E-state index is 0. The molecule has 0 spiro atoms. The second kappa shape index (κ2) is 11.1. The molecule has 0 amide bonds. The van der Waals surface area contributed by atoms with Gasteiger partial charge in [-0.2, -0.15) is 0 Å². The Labute approximate surface area is 181 Å². The number of nitrogens with zero attached hydrogens (tertiary/aromatic N) is 3. The lowest BCUT2D eigenvalue weighted by Gasteiger charge is -2.39. The molecule has 1 aromatic carbocycles. The summed E-state index contributed by atoms with van der Waals surface area (Å²) >= 11 is 0. The fourth-order valence-corrected chi connectivity index (χ4v) is 3.02. The third-order valence-corrected chi connectivity index (χ3v) is 4.59. The van der Waals surface area contributed by atoms with Crippen molar-refractivity contribution in [3.8, 4) is 5.75 Å². The van der Waals surface area contributed by atoms with Crippen molar-refractivity contribution in [2.75, 3.05) is 45.1 Å². The van der Waals surface area contributed by atoms with E-state index >= 15 is 0 Å². The van der Waals surface area contributed by atoms with Crippen molar-refractivity contribution >= 4 is 35.6 Å². The van der Waals surface area contributed by atoms with Crippen LogP contribution in [0.4, 0.5) is 18.9 Å². The van der Waals surface area contributed by atoms with E-state index in [0.717, 1.165) is 26.2 Å². The first-order valence-corrected chi connectivity index (χ1v) is 8.99. The number of guanidine groups is 1. The third kappa shape index (κ3) is 8.39. The van der Waals surface area contributed by atoms with E-state index in [2.05, 4.69) is 45.7 Å². The van der Waals surface area contributed by atoms with Crippen molar-refractivity contribution in [2.24, 2.45) is 16.6 Å². The van der Waals surface area contributed by atoms with E-state index in [1.54, 1.807) is 0 Å². The fourth-order valence-electron chi connectivity index (χ4n) is 3.02. The van der Waals surface area contributed by atoms with Crippen molar-refractivity contribution < 1.29 is 17.9 Å². The molecule has 28 heavy (non-hydrogen) atoms. The third-order valence-electron chi connectivity index (χ3n) is 4.59. The number of piperazine rings is 1. The van der Waals surface area contributed by atoms with E-state index < -0.39 is 6.36 Å². The van der Waals surface area contributed by atoms with E-state index in [9.17, 15) is 13.2 Å². The minimum Gasteiger partial charge on any atom is -0.406 e. The number of anilines is 1. The summed E-state index contributed by atoms with van der Waals surface area (Å²) in [5.41, 5.74) is 6.49. The number of aliphatic imine (C=N–C) groups is 1. The van der Waals surface area contributed by atoms with Crippen LogP contribution in [0.25, 0.3) is 0 Å². The van der Waals surface area contributed by atoms with Crippen LogP contribution in [-0.4, -0.2) is 67.9 Å². The topological polar surface area (TPSA) is 66.1 Å². The van der Waals surface area contributed by atoms with Crippen LogP contribution in [0.2, 0.25) is 0 Å². The summed E-state index contributed by atoms with van der Waals surface area (Å²) < 4.78 is 40.4. The van der Waals surface area contributed by atoms with E-state index in [4.69, 9.17) is 5.73 Å². The standard InChI is InChI=1S/C18H28F3N5O.HI/c1-13(2)16(26-10-8-25(3)9-11-26)12-23-17(22)24-14-4-6-15(7-5-14)27-18(19,20)21;/h4-7,13,16H,8-12H2,1-3H3,(H3,22,23,24);1H. The number of hydrogen-bond donors (Lipinski definition) is 2. The van der Waals surface area contributed by atoms with Crippen LogP contribution >= 0.6 is 24.0 Å². The second-order valence-electron chi connectivity index (χ2n) is 7.07. The Morgan fingerprint density at radius 3 is 2.25 bits per heavy atom. The zero-order valence-corrected chi connectivity index (χ0v) is 18.7. The summed E-state index contributed by atoms with van der Waals surface area (Å²) in [6.07, 6.45) is -4.70. The van der Waals surface area contributed by atoms with Gasteiger partial charge in [0, 0.05) is 37.9 Å². The Balaban J connectivity index is 0.00000392. The molecule has 2 rings (SSSR count). The van der Waals surface area contributed by atoms with Gasteiger partial charge in [0.2, 0.25) is 0 Å². The number of likely N-dealkylation sites (N-methyl/N-ethyl adjacent to an activating group) is 1. The maximum Gasteiger partial charge on any atom is 0.573 e. The van der Waals surface area contributed by atoms with Gasteiger partial charge in [-0.3, -0.25) is 9.89 Å². The smallest absolute Gasteiger partial charge is 0.406 e. The monoisotopic (exact) mass is 515 g/mol. The number of rotatable bonds is 6. The molecule has 0 saturated carbocycles. The molecule has 0 aliphatic carbocycles. The van der Waals surface area contributed by atoms with Crippen LogP contribution in [0.1, 0.15) is 13.8 Å².